The number of likely N-dealkylation sites (tertiary alicyclic amines) is 1. The van der Waals surface area contributed by atoms with Crippen LogP contribution < -0.4 is 0 Å². The van der Waals surface area contributed by atoms with Gasteiger partial charge < -0.3 is 10.2 Å². The number of aliphatic carboxylic acids is 1. The first-order valence-electron chi connectivity index (χ1n) is 8.30. The second kappa shape index (κ2) is 5.64. The van der Waals surface area contributed by atoms with Crippen molar-refractivity contribution in [2.45, 2.75) is 81.9 Å². The van der Waals surface area contributed by atoms with Gasteiger partial charge in [0.05, 0.1) is 5.60 Å². The highest BCUT2D eigenvalue weighted by Crippen LogP contribution is 2.40. The summed E-state index contributed by atoms with van der Waals surface area (Å²) in [5.74, 6) is -0.0417. The molecule has 0 spiro atoms. The Hall–Kier alpha value is -0.610. The number of carboxylic acid groups (broad SMARTS) is 1. The molecule has 2 N–H and O–H groups in total. The molecule has 0 bridgehead atoms. The lowest BCUT2D eigenvalue weighted by Gasteiger charge is -2.49. The summed E-state index contributed by atoms with van der Waals surface area (Å²) in [6.45, 7) is 0.575. The smallest absolute Gasteiger partial charge is 0.320 e. The highest BCUT2D eigenvalue weighted by atomic mass is 16.4. The van der Waals surface area contributed by atoms with Gasteiger partial charge in [-0.15, -0.1) is 0 Å². The van der Waals surface area contributed by atoms with Crippen molar-refractivity contribution in [1.29, 1.82) is 0 Å². The van der Waals surface area contributed by atoms with Gasteiger partial charge in [-0.2, -0.15) is 0 Å². The van der Waals surface area contributed by atoms with Crippen molar-refractivity contribution >= 4 is 5.97 Å². The van der Waals surface area contributed by atoms with Gasteiger partial charge in [-0.3, -0.25) is 9.69 Å². The van der Waals surface area contributed by atoms with Crippen LogP contribution in [0.15, 0.2) is 0 Å². The maximum absolute atomic E-state index is 11.6. The van der Waals surface area contributed by atoms with E-state index >= 15 is 0 Å². The number of nitrogens with zero attached hydrogens (tertiary/aromatic N) is 1. The van der Waals surface area contributed by atoms with Crippen LogP contribution in [0, 0.1) is 5.92 Å². The van der Waals surface area contributed by atoms with Gasteiger partial charge in [0.1, 0.15) is 6.04 Å². The molecule has 0 amide bonds. The highest BCUT2D eigenvalue weighted by molar-refractivity contribution is 5.73. The van der Waals surface area contributed by atoms with Gasteiger partial charge in [-0.05, 0) is 44.4 Å². The van der Waals surface area contributed by atoms with Crippen LogP contribution in [-0.4, -0.2) is 45.3 Å². The zero-order valence-corrected chi connectivity index (χ0v) is 12.3. The topological polar surface area (TPSA) is 60.8 Å². The van der Waals surface area contributed by atoms with Gasteiger partial charge in [0.15, 0.2) is 0 Å². The van der Waals surface area contributed by atoms with Crippen LogP contribution in [0.2, 0.25) is 0 Å². The number of hydrogen-bond donors (Lipinski definition) is 2. The first-order valence-corrected chi connectivity index (χ1v) is 8.30. The quantitative estimate of drug-likeness (QED) is 0.834. The number of carboxylic acids is 1. The van der Waals surface area contributed by atoms with Crippen molar-refractivity contribution in [1.82, 2.24) is 4.90 Å². The van der Waals surface area contributed by atoms with Crippen molar-refractivity contribution in [2.24, 2.45) is 5.92 Å². The lowest BCUT2D eigenvalue weighted by molar-refractivity contribution is -0.151. The molecule has 20 heavy (non-hydrogen) atoms. The highest BCUT2D eigenvalue weighted by Gasteiger charge is 2.45. The van der Waals surface area contributed by atoms with Crippen LogP contribution in [0.3, 0.4) is 0 Å². The number of piperidine rings is 1. The fraction of sp³-hybridized carbons (Fsp3) is 0.938. The Labute approximate surface area is 121 Å². The van der Waals surface area contributed by atoms with Crippen LogP contribution in [0.5, 0.6) is 0 Å². The van der Waals surface area contributed by atoms with E-state index in [2.05, 4.69) is 4.90 Å². The second-order valence-electron chi connectivity index (χ2n) is 7.15. The molecule has 1 saturated heterocycles. The summed E-state index contributed by atoms with van der Waals surface area (Å²) >= 11 is 0. The van der Waals surface area contributed by atoms with Crippen molar-refractivity contribution in [3.05, 3.63) is 0 Å². The zero-order chi connectivity index (χ0) is 14.2. The molecule has 4 heteroatoms. The average Bonchev–Trinajstić information content (AvgIpc) is 2.85. The maximum atomic E-state index is 11.6. The van der Waals surface area contributed by atoms with E-state index in [1.54, 1.807) is 0 Å². The van der Waals surface area contributed by atoms with Gasteiger partial charge in [0.2, 0.25) is 0 Å². The predicted octanol–water partition coefficient (Wildman–Crippen LogP) is 2.40. The summed E-state index contributed by atoms with van der Waals surface area (Å²) in [4.78, 5) is 13.8. The van der Waals surface area contributed by atoms with Crippen LogP contribution in [-0.2, 0) is 4.79 Å². The fourth-order valence-electron chi connectivity index (χ4n) is 4.75. The standard InChI is InChI=1S/C16H27NO3/c18-15(19)14-8-7-12-5-1-2-6-13(12)17(14)11-16(20)9-3-4-10-16/h12-14,20H,1-11H2,(H,18,19). The first kappa shape index (κ1) is 14.3. The molecule has 3 fully saturated rings. The van der Waals surface area contributed by atoms with Gasteiger partial charge >= 0.3 is 5.97 Å². The normalized spacial score (nSPS) is 37.5. The van der Waals surface area contributed by atoms with E-state index in [1.807, 2.05) is 0 Å². The van der Waals surface area contributed by atoms with E-state index in [1.165, 1.54) is 19.3 Å². The molecule has 3 unspecified atom stereocenters. The van der Waals surface area contributed by atoms with Gasteiger partial charge in [0, 0.05) is 12.6 Å². The van der Waals surface area contributed by atoms with E-state index in [-0.39, 0.29) is 6.04 Å². The third-order valence-electron chi connectivity index (χ3n) is 5.80. The largest absolute Gasteiger partial charge is 0.480 e. The van der Waals surface area contributed by atoms with Crippen LogP contribution in [0.25, 0.3) is 0 Å². The molecule has 0 aromatic rings. The SMILES string of the molecule is O=C(O)C1CCC2CCCCC2N1CC1(O)CCCC1. The van der Waals surface area contributed by atoms with E-state index < -0.39 is 11.6 Å². The van der Waals surface area contributed by atoms with E-state index in [0.717, 1.165) is 44.9 Å². The minimum atomic E-state index is -0.698. The molecule has 3 aliphatic rings. The molecule has 0 radical (unpaired) electrons. The predicted molar refractivity (Wildman–Crippen MR) is 76.5 cm³/mol. The Balaban J connectivity index is 1.78. The Bertz CT molecular complexity index is 365. The van der Waals surface area contributed by atoms with Gasteiger partial charge in [0.25, 0.3) is 0 Å². The summed E-state index contributed by atoms with van der Waals surface area (Å²) in [6.07, 6.45) is 10.5. The van der Waals surface area contributed by atoms with Gasteiger partial charge in [-0.25, -0.2) is 0 Å². The van der Waals surface area contributed by atoms with E-state index in [9.17, 15) is 15.0 Å². The molecule has 4 nitrogen and oxygen atoms in total. The number of hydrogen-bond acceptors (Lipinski definition) is 3. The number of rotatable bonds is 3. The molecule has 3 rings (SSSR count). The van der Waals surface area contributed by atoms with Crippen LogP contribution >= 0.6 is 0 Å². The molecular weight excluding hydrogens is 254 g/mol. The summed E-state index contributed by atoms with van der Waals surface area (Å²) in [6, 6.07) is 0.0159. The number of carbonyl (C=O) groups is 1. The summed E-state index contributed by atoms with van der Waals surface area (Å²) < 4.78 is 0. The molecule has 0 aromatic heterocycles. The Kier molecular flexibility index (Phi) is 4.04. The summed E-state index contributed by atoms with van der Waals surface area (Å²) in [5.41, 5.74) is -0.632. The minimum absolute atomic E-state index is 0.376. The fourth-order valence-corrected chi connectivity index (χ4v) is 4.75. The Morgan fingerprint density at radius 2 is 1.75 bits per heavy atom. The molecule has 0 aromatic carbocycles. The average molecular weight is 281 g/mol. The zero-order valence-electron chi connectivity index (χ0n) is 12.3. The molecule has 1 heterocycles. The summed E-state index contributed by atoms with van der Waals surface area (Å²) in [5, 5.41) is 20.2. The molecule has 1 aliphatic heterocycles. The lowest BCUT2D eigenvalue weighted by Crippen LogP contribution is -2.59. The van der Waals surface area contributed by atoms with Crippen LogP contribution in [0.1, 0.15) is 64.2 Å². The minimum Gasteiger partial charge on any atom is -0.480 e. The van der Waals surface area contributed by atoms with E-state index in [4.69, 9.17) is 0 Å². The second-order valence-corrected chi connectivity index (χ2v) is 7.15. The van der Waals surface area contributed by atoms with E-state index in [0.29, 0.717) is 18.5 Å². The molecule has 3 atom stereocenters. The molecule has 2 saturated carbocycles. The number of aliphatic hydroxyl groups is 1. The number of β-amino-alcohol motifs (C(OH)–C–C–N with tert-alkyl or cyclic N) is 1. The van der Waals surface area contributed by atoms with Crippen molar-refractivity contribution in [3.63, 3.8) is 0 Å². The Morgan fingerprint density at radius 1 is 1.05 bits per heavy atom. The van der Waals surface area contributed by atoms with Crippen molar-refractivity contribution in [3.8, 4) is 0 Å². The third-order valence-corrected chi connectivity index (χ3v) is 5.80. The maximum Gasteiger partial charge on any atom is 0.320 e. The monoisotopic (exact) mass is 281 g/mol. The lowest BCUT2D eigenvalue weighted by atomic mass is 9.75. The first-order chi connectivity index (χ1) is 9.59. The number of fused-ring (bicyclic) bond motifs is 1. The van der Waals surface area contributed by atoms with Gasteiger partial charge in [-0.1, -0.05) is 25.7 Å². The Morgan fingerprint density at radius 3 is 2.45 bits per heavy atom. The molecule has 2 aliphatic carbocycles. The van der Waals surface area contributed by atoms with Crippen LogP contribution in [0.4, 0.5) is 0 Å². The molecule has 114 valence electrons. The molecular formula is C16H27NO3. The van der Waals surface area contributed by atoms with Crippen molar-refractivity contribution in [2.75, 3.05) is 6.54 Å². The summed E-state index contributed by atoms with van der Waals surface area (Å²) in [7, 11) is 0. The third kappa shape index (κ3) is 2.73. The van der Waals surface area contributed by atoms with Crippen molar-refractivity contribution < 1.29 is 15.0 Å².